The molecule has 0 saturated heterocycles. The minimum atomic E-state index is -0.840. The Morgan fingerprint density at radius 1 is 1.33 bits per heavy atom. The number of nitrogens with one attached hydrogen (secondary N) is 1. The number of rotatable bonds is 7. The minimum Gasteiger partial charge on any atom is -0.377 e. The molecule has 0 aliphatic carbocycles. The van der Waals surface area contributed by atoms with Gasteiger partial charge < -0.3 is 4.74 Å². The molecule has 0 bridgehead atoms. The van der Waals surface area contributed by atoms with E-state index in [2.05, 4.69) is 5.43 Å². The molecule has 1 aromatic rings. The highest BCUT2D eigenvalue weighted by atomic mass is 19.2. The average Bonchev–Trinajstić information content (AvgIpc) is 2.38. The third-order valence-electron chi connectivity index (χ3n) is 2.92. The lowest BCUT2D eigenvalue weighted by Crippen LogP contribution is -2.46. The Labute approximate surface area is 106 Å². The molecule has 1 rings (SSSR count). The van der Waals surface area contributed by atoms with Gasteiger partial charge in [0.25, 0.3) is 0 Å². The van der Waals surface area contributed by atoms with Crippen LogP contribution in [0.3, 0.4) is 0 Å². The first-order chi connectivity index (χ1) is 8.63. The molecule has 0 aliphatic rings. The second kappa shape index (κ2) is 7.41. The maximum Gasteiger partial charge on any atom is 0.162 e. The smallest absolute Gasteiger partial charge is 0.162 e. The van der Waals surface area contributed by atoms with Gasteiger partial charge >= 0.3 is 0 Å². The summed E-state index contributed by atoms with van der Waals surface area (Å²) < 4.78 is 32.2. The summed E-state index contributed by atoms with van der Waals surface area (Å²) in [7, 11) is 0. The highest BCUT2D eigenvalue weighted by Crippen LogP contribution is 2.16. The van der Waals surface area contributed by atoms with Crippen LogP contribution < -0.4 is 11.3 Å². The number of hydrogen-bond donors (Lipinski definition) is 2. The van der Waals surface area contributed by atoms with E-state index in [0.29, 0.717) is 18.6 Å². The van der Waals surface area contributed by atoms with Gasteiger partial charge in [0.1, 0.15) is 0 Å². The second-order valence-corrected chi connectivity index (χ2v) is 4.09. The molecule has 5 heteroatoms. The SMILES string of the molecule is CCOC(CC)C(Cc1cccc(F)c1F)NN. The van der Waals surface area contributed by atoms with Crippen LogP contribution in [0.4, 0.5) is 8.78 Å². The van der Waals surface area contributed by atoms with Crippen molar-refractivity contribution in [2.24, 2.45) is 5.84 Å². The molecule has 0 heterocycles. The molecule has 1 aromatic carbocycles. The first-order valence-electron chi connectivity index (χ1n) is 6.14. The van der Waals surface area contributed by atoms with E-state index in [4.69, 9.17) is 10.6 Å². The van der Waals surface area contributed by atoms with E-state index >= 15 is 0 Å². The van der Waals surface area contributed by atoms with Gasteiger partial charge in [-0.3, -0.25) is 11.3 Å². The van der Waals surface area contributed by atoms with Crippen LogP contribution in [0.1, 0.15) is 25.8 Å². The Morgan fingerprint density at radius 3 is 2.61 bits per heavy atom. The average molecular weight is 258 g/mol. The van der Waals surface area contributed by atoms with Crippen LogP contribution in [0.25, 0.3) is 0 Å². The first-order valence-corrected chi connectivity index (χ1v) is 6.14. The molecule has 102 valence electrons. The Morgan fingerprint density at radius 2 is 2.06 bits per heavy atom. The number of benzene rings is 1. The second-order valence-electron chi connectivity index (χ2n) is 4.09. The van der Waals surface area contributed by atoms with E-state index < -0.39 is 11.6 Å². The van der Waals surface area contributed by atoms with Gasteiger partial charge in [0, 0.05) is 6.61 Å². The van der Waals surface area contributed by atoms with Crippen molar-refractivity contribution in [3.05, 3.63) is 35.4 Å². The van der Waals surface area contributed by atoms with Gasteiger partial charge in [0.2, 0.25) is 0 Å². The Kier molecular flexibility index (Phi) is 6.18. The summed E-state index contributed by atoms with van der Waals surface area (Å²) in [5, 5.41) is 0. The highest BCUT2D eigenvalue weighted by molar-refractivity contribution is 5.20. The molecule has 0 amide bonds. The zero-order valence-corrected chi connectivity index (χ0v) is 10.7. The van der Waals surface area contributed by atoms with E-state index in [9.17, 15) is 8.78 Å². The van der Waals surface area contributed by atoms with Crippen molar-refractivity contribution >= 4 is 0 Å². The summed E-state index contributed by atoms with van der Waals surface area (Å²) in [6.45, 7) is 4.41. The van der Waals surface area contributed by atoms with Crippen molar-refractivity contribution in [1.82, 2.24) is 5.43 Å². The zero-order chi connectivity index (χ0) is 13.5. The minimum absolute atomic E-state index is 0.123. The first kappa shape index (κ1) is 15.0. The van der Waals surface area contributed by atoms with E-state index in [1.807, 2.05) is 13.8 Å². The van der Waals surface area contributed by atoms with E-state index in [1.165, 1.54) is 6.07 Å². The molecule has 0 aromatic heterocycles. The predicted molar refractivity (Wildman–Crippen MR) is 66.9 cm³/mol. The van der Waals surface area contributed by atoms with Crippen molar-refractivity contribution in [1.29, 1.82) is 0 Å². The largest absolute Gasteiger partial charge is 0.377 e. The van der Waals surface area contributed by atoms with Gasteiger partial charge in [-0.1, -0.05) is 19.1 Å². The Balaban J connectivity index is 2.81. The van der Waals surface area contributed by atoms with Crippen LogP contribution in [0.5, 0.6) is 0 Å². The van der Waals surface area contributed by atoms with Gasteiger partial charge in [-0.25, -0.2) is 8.78 Å². The third-order valence-corrected chi connectivity index (χ3v) is 2.92. The highest BCUT2D eigenvalue weighted by Gasteiger charge is 2.21. The molecule has 0 aliphatic heterocycles. The molecule has 0 radical (unpaired) electrons. The molecule has 0 fully saturated rings. The van der Waals surface area contributed by atoms with Gasteiger partial charge in [-0.05, 0) is 31.4 Å². The normalized spacial score (nSPS) is 14.5. The van der Waals surface area contributed by atoms with Crippen LogP contribution in [-0.2, 0) is 11.2 Å². The number of hydrogen-bond acceptors (Lipinski definition) is 3. The predicted octanol–water partition coefficient (Wildman–Crippen LogP) is 2.15. The fraction of sp³-hybridized carbons (Fsp3) is 0.538. The van der Waals surface area contributed by atoms with Crippen LogP contribution in [0.2, 0.25) is 0 Å². The summed E-state index contributed by atoms with van der Waals surface area (Å²) in [6, 6.07) is 3.90. The van der Waals surface area contributed by atoms with E-state index in [-0.39, 0.29) is 12.1 Å². The fourth-order valence-corrected chi connectivity index (χ4v) is 1.97. The van der Waals surface area contributed by atoms with Crippen molar-refractivity contribution in [3.63, 3.8) is 0 Å². The number of nitrogens with two attached hydrogens (primary N) is 1. The molecule has 0 saturated carbocycles. The zero-order valence-electron chi connectivity index (χ0n) is 10.7. The molecule has 2 unspecified atom stereocenters. The van der Waals surface area contributed by atoms with Crippen molar-refractivity contribution in [2.45, 2.75) is 38.8 Å². The van der Waals surface area contributed by atoms with Gasteiger partial charge in [-0.15, -0.1) is 0 Å². The summed E-state index contributed by atoms with van der Waals surface area (Å²) in [5.74, 6) is 3.81. The summed E-state index contributed by atoms with van der Waals surface area (Å²) in [5.41, 5.74) is 2.92. The maximum absolute atomic E-state index is 13.6. The quantitative estimate of drug-likeness (QED) is 0.582. The summed E-state index contributed by atoms with van der Waals surface area (Å²) >= 11 is 0. The van der Waals surface area contributed by atoms with Crippen LogP contribution >= 0.6 is 0 Å². The number of ether oxygens (including phenoxy) is 1. The molecular formula is C13H20F2N2O. The number of halogens is 2. The molecule has 3 nitrogen and oxygen atoms in total. The molecule has 2 atom stereocenters. The van der Waals surface area contributed by atoms with Crippen LogP contribution in [0.15, 0.2) is 18.2 Å². The standard InChI is InChI=1S/C13H20F2N2O/c1-3-12(18-4-2)11(17-16)8-9-6-5-7-10(14)13(9)15/h5-7,11-12,17H,3-4,8,16H2,1-2H3. The van der Waals surface area contributed by atoms with Crippen LogP contribution in [0, 0.1) is 11.6 Å². The lowest BCUT2D eigenvalue weighted by Gasteiger charge is -2.25. The summed E-state index contributed by atoms with van der Waals surface area (Å²) in [4.78, 5) is 0. The van der Waals surface area contributed by atoms with Crippen molar-refractivity contribution < 1.29 is 13.5 Å². The Hall–Kier alpha value is -1.04. The Bertz CT molecular complexity index is 374. The summed E-state index contributed by atoms with van der Waals surface area (Å²) in [6.07, 6.45) is 0.917. The monoisotopic (exact) mass is 258 g/mol. The van der Waals surface area contributed by atoms with Gasteiger partial charge in [0.15, 0.2) is 11.6 Å². The fourth-order valence-electron chi connectivity index (χ4n) is 1.97. The van der Waals surface area contributed by atoms with Crippen molar-refractivity contribution in [3.8, 4) is 0 Å². The maximum atomic E-state index is 13.6. The van der Waals surface area contributed by atoms with Gasteiger partial charge in [-0.2, -0.15) is 0 Å². The van der Waals surface area contributed by atoms with E-state index in [0.717, 1.165) is 12.5 Å². The van der Waals surface area contributed by atoms with Gasteiger partial charge in [0.05, 0.1) is 12.1 Å². The number of hydrazine groups is 1. The lowest BCUT2D eigenvalue weighted by molar-refractivity contribution is 0.0317. The molecule has 18 heavy (non-hydrogen) atoms. The molecular weight excluding hydrogens is 238 g/mol. The van der Waals surface area contributed by atoms with E-state index in [1.54, 1.807) is 6.07 Å². The molecule has 0 spiro atoms. The molecule has 3 N–H and O–H groups in total. The lowest BCUT2D eigenvalue weighted by atomic mass is 9.99. The van der Waals surface area contributed by atoms with Crippen molar-refractivity contribution in [2.75, 3.05) is 6.61 Å². The topological polar surface area (TPSA) is 47.3 Å². The third kappa shape index (κ3) is 3.73. The van der Waals surface area contributed by atoms with Crippen LogP contribution in [-0.4, -0.2) is 18.8 Å².